The van der Waals surface area contributed by atoms with E-state index in [1.54, 1.807) is 0 Å². The van der Waals surface area contributed by atoms with Gasteiger partial charge < -0.3 is 10.5 Å². The number of likely N-dealkylation sites (tertiary alicyclic amines) is 1. The van der Waals surface area contributed by atoms with E-state index < -0.39 is 0 Å². The van der Waals surface area contributed by atoms with Crippen molar-refractivity contribution in [3.05, 3.63) is 24.3 Å². The van der Waals surface area contributed by atoms with Crippen LogP contribution < -0.4 is 10.5 Å². The number of nitrogen functional groups attached to an aromatic ring is 1. The van der Waals surface area contributed by atoms with Crippen molar-refractivity contribution >= 4 is 5.69 Å². The minimum atomic E-state index is 0.748. The van der Waals surface area contributed by atoms with Crippen LogP contribution in [0.5, 0.6) is 5.75 Å². The van der Waals surface area contributed by atoms with Gasteiger partial charge in [-0.3, -0.25) is 4.90 Å². The molecule has 1 heterocycles. The van der Waals surface area contributed by atoms with E-state index in [0.717, 1.165) is 30.5 Å². The van der Waals surface area contributed by atoms with Crippen molar-refractivity contribution in [2.24, 2.45) is 5.92 Å². The molecule has 100 valence electrons. The standard InChI is InChI=1S/C15H24N2O/c1-13-4-3-8-17(9-7-13)10-11-18-15-6-2-5-14(16)12-15/h2,5-6,12-13H,3-4,7-11,16H2,1H3. The summed E-state index contributed by atoms with van der Waals surface area (Å²) in [6.45, 7) is 6.54. The Balaban J connectivity index is 1.71. The molecule has 1 aromatic rings. The number of nitrogens with zero attached hydrogens (tertiary/aromatic N) is 1. The molecule has 1 fully saturated rings. The van der Waals surface area contributed by atoms with Crippen molar-refractivity contribution in [1.82, 2.24) is 4.90 Å². The van der Waals surface area contributed by atoms with E-state index in [0.29, 0.717) is 0 Å². The van der Waals surface area contributed by atoms with E-state index in [1.807, 2.05) is 24.3 Å². The largest absolute Gasteiger partial charge is 0.492 e. The van der Waals surface area contributed by atoms with Crippen LogP contribution in [0, 0.1) is 5.92 Å². The molecule has 0 radical (unpaired) electrons. The second kappa shape index (κ2) is 6.64. The fourth-order valence-corrected chi connectivity index (χ4v) is 2.44. The van der Waals surface area contributed by atoms with Crippen molar-refractivity contribution in [3.8, 4) is 5.75 Å². The molecule has 3 nitrogen and oxygen atoms in total. The first kappa shape index (κ1) is 13.2. The summed E-state index contributed by atoms with van der Waals surface area (Å²) >= 11 is 0. The lowest BCUT2D eigenvalue weighted by Crippen LogP contribution is -2.29. The minimum absolute atomic E-state index is 0.748. The lowest BCUT2D eigenvalue weighted by atomic mass is 10.0. The van der Waals surface area contributed by atoms with Crippen LogP contribution >= 0.6 is 0 Å². The van der Waals surface area contributed by atoms with Crippen molar-refractivity contribution in [1.29, 1.82) is 0 Å². The van der Waals surface area contributed by atoms with Gasteiger partial charge in [0.15, 0.2) is 0 Å². The van der Waals surface area contributed by atoms with Crippen molar-refractivity contribution in [2.45, 2.75) is 26.2 Å². The third-order valence-corrected chi connectivity index (χ3v) is 3.64. The first-order chi connectivity index (χ1) is 8.74. The molecule has 0 aromatic heterocycles. The van der Waals surface area contributed by atoms with Crippen LogP contribution in [-0.2, 0) is 0 Å². The molecule has 18 heavy (non-hydrogen) atoms. The van der Waals surface area contributed by atoms with Crippen LogP contribution in [0.2, 0.25) is 0 Å². The number of hydrogen-bond acceptors (Lipinski definition) is 3. The van der Waals surface area contributed by atoms with Crippen LogP contribution in [0.1, 0.15) is 26.2 Å². The van der Waals surface area contributed by atoms with Gasteiger partial charge in [-0.15, -0.1) is 0 Å². The second-order valence-electron chi connectivity index (χ2n) is 5.30. The topological polar surface area (TPSA) is 38.5 Å². The van der Waals surface area contributed by atoms with E-state index in [-0.39, 0.29) is 0 Å². The normalized spacial score (nSPS) is 21.5. The summed E-state index contributed by atoms with van der Waals surface area (Å²) in [5, 5.41) is 0. The summed E-state index contributed by atoms with van der Waals surface area (Å²) in [7, 11) is 0. The summed E-state index contributed by atoms with van der Waals surface area (Å²) in [6.07, 6.45) is 4.00. The summed E-state index contributed by atoms with van der Waals surface area (Å²) in [6, 6.07) is 7.65. The molecule has 0 spiro atoms. The van der Waals surface area contributed by atoms with Crippen molar-refractivity contribution in [3.63, 3.8) is 0 Å². The Bertz CT molecular complexity index is 367. The SMILES string of the molecule is CC1CCCN(CCOc2cccc(N)c2)CC1. The maximum Gasteiger partial charge on any atom is 0.121 e. The van der Waals surface area contributed by atoms with Gasteiger partial charge >= 0.3 is 0 Å². The summed E-state index contributed by atoms with van der Waals surface area (Å²) in [5.41, 5.74) is 6.48. The molecular weight excluding hydrogens is 224 g/mol. The van der Waals surface area contributed by atoms with Gasteiger partial charge in [0.05, 0.1) is 0 Å². The molecule has 2 rings (SSSR count). The van der Waals surface area contributed by atoms with Gasteiger partial charge in [0.25, 0.3) is 0 Å². The smallest absolute Gasteiger partial charge is 0.121 e. The van der Waals surface area contributed by atoms with Gasteiger partial charge in [0.1, 0.15) is 12.4 Å². The Kier molecular flexibility index (Phi) is 4.88. The zero-order chi connectivity index (χ0) is 12.8. The highest BCUT2D eigenvalue weighted by molar-refractivity contribution is 5.43. The Morgan fingerprint density at radius 1 is 1.33 bits per heavy atom. The highest BCUT2D eigenvalue weighted by Gasteiger charge is 2.13. The lowest BCUT2D eigenvalue weighted by molar-refractivity contribution is 0.212. The molecule has 0 saturated carbocycles. The van der Waals surface area contributed by atoms with Crippen LogP contribution in [0.25, 0.3) is 0 Å². The molecule has 1 atom stereocenters. The predicted octanol–water partition coefficient (Wildman–Crippen LogP) is 2.77. The van der Waals surface area contributed by atoms with Gasteiger partial charge in [0.2, 0.25) is 0 Å². The van der Waals surface area contributed by atoms with Gasteiger partial charge in [-0.1, -0.05) is 13.0 Å². The number of anilines is 1. The Morgan fingerprint density at radius 2 is 2.22 bits per heavy atom. The van der Waals surface area contributed by atoms with E-state index in [2.05, 4.69) is 11.8 Å². The Hall–Kier alpha value is -1.22. The average molecular weight is 248 g/mol. The average Bonchev–Trinajstić information content (AvgIpc) is 2.55. The fourth-order valence-electron chi connectivity index (χ4n) is 2.44. The first-order valence-corrected chi connectivity index (χ1v) is 6.95. The molecule has 3 heteroatoms. The maximum absolute atomic E-state index is 5.74. The molecule has 0 bridgehead atoms. The lowest BCUT2D eigenvalue weighted by Gasteiger charge is -2.20. The first-order valence-electron chi connectivity index (χ1n) is 6.95. The van der Waals surface area contributed by atoms with E-state index >= 15 is 0 Å². The van der Waals surface area contributed by atoms with Crippen LogP contribution in [0.4, 0.5) is 5.69 Å². The highest BCUT2D eigenvalue weighted by atomic mass is 16.5. The molecule has 1 unspecified atom stereocenters. The molecule has 1 aliphatic rings. The van der Waals surface area contributed by atoms with E-state index in [4.69, 9.17) is 10.5 Å². The Morgan fingerprint density at radius 3 is 3.06 bits per heavy atom. The fraction of sp³-hybridized carbons (Fsp3) is 0.600. The van der Waals surface area contributed by atoms with Gasteiger partial charge in [-0.25, -0.2) is 0 Å². The van der Waals surface area contributed by atoms with Crippen LogP contribution in [0.15, 0.2) is 24.3 Å². The monoisotopic (exact) mass is 248 g/mol. The summed E-state index contributed by atoms with van der Waals surface area (Å²) in [5.74, 6) is 1.75. The van der Waals surface area contributed by atoms with Crippen LogP contribution in [-0.4, -0.2) is 31.1 Å². The zero-order valence-electron chi connectivity index (χ0n) is 11.3. The van der Waals surface area contributed by atoms with Crippen molar-refractivity contribution in [2.75, 3.05) is 32.0 Å². The van der Waals surface area contributed by atoms with Crippen LogP contribution in [0.3, 0.4) is 0 Å². The molecule has 1 aromatic carbocycles. The van der Waals surface area contributed by atoms with Gasteiger partial charge in [-0.2, -0.15) is 0 Å². The number of rotatable bonds is 4. The third kappa shape index (κ3) is 4.22. The summed E-state index contributed by atoms with van der Waals surface area (Å²) in [4.78, 5) is 2.51. The van der Waals surface area contributed by atoms with Gasteiger partial charge in [0, 0.05) is 18.3 Å². The number of nitrogens with two attached hydrogens (primary N) is 1. The molecule has 0 aliphatic carbocycles. The molecule has 1 saturated heterocycles. The number of benzene rings is 1. The van der Waals surface area contributed by atoms with E-state index in [9.17, 15) is 0 Å². The summed E-state index contributed by atoms with van der Waals surface area (Å²) < 4.78 is 5.74. The minimum Gasteiger partial charge on any atom is -0.492 e. The quantitative estimate of drug-likeness (QED) is 0.833. The molecule has 0 amide bonds. The predicted molar refractivity (Wildman–Crippen MR) is 75.8 cm³/mol. The second-order valence-corrected chi connectivity index (χ2v) is 5.30. The number of ether oxygens (including phenoxy) is 1. The molecular formula is C15H24N2O. The zero-order valence-corrected chi connectivity index (χ0v) is 11.3. The molecule has 1 aliphatic heterocycles. The highest BCUT2D eigenvalue weighted by Crippen LogP contribution is 2.17. The Labute approximate surface area is 110 Å². The number of hydrogen-bond donors (Lipinski definition) is 1. The van der Waals surface area contributed by atoms with E-state index in [1.165, 1.54) is 32.4 Å². The maximum atomic E-state index is 5.74. The van der Waals surface area contributed by atoms with Crippen molar-refractivity contribution < 1.29 is 4.74 Å². The third-order valence-electron chi connectivity index (χ3n) is 3.64. The van der Waals surface area contributed by atoms with Gasteiger partial charge in [-0.05, 0) is 50.4 Å². The molecule has 2 N–H and O–H groups in total.